The highest BCUT2D eigenvalue weighted by molar-refractivity contribution is 6.33. The number of benzene rings is 2. The summed E-state index contributed by atoms with van der Waals surface area (Å²) in [5.74, 6) is 1.27. The van der Waals surface area contributed by atoms with Crippen LogP contribution in [-0.2, 0) is 0 Å². The number of aromatic hydroxyl groups is 1. The molecule has 0 amide bonds. The van der Waals surface area contributed by atoms with E-state index < -0.39 is 0 Å². The first-order valence-corrected chi connectivity index (χ1v) is 8.98. The van der Waals surface area contributed by atoms with E-state index in [9.17, 15) is 5.11 Å². The number of hydrogen-bond acceptors (Lipinski definition) is 6. The Hall–Kier alpha value is -2.83. The predicted octanol–water partition coefficient (Wildman–Crippen LogP) is 4.22. The van der Waals surface area contributed by atoms with Crippen molar-refractivity contribution < 1.29 is 5.11 Å². The van der Waals surface area contributed by atoms with Gasteiger partial charge in [0, 0.05) is 30.8 Å². The van der Waals surface area contributed by atoms with Crippen LogP contribution in [0.3, 0.4) is 0 Å². The summed E-state index contributed by atoms with van der Waals surface area (Å²) in [5, 5.41) is 16.4. The Morgan fingerprint density at radius 1 is 1.04 bits per heavy atom. The SMILES string of the molecule is CN(C)CCNc1nc(Nc2ccc(O)cc2Cl)cc(-c2ccccc2)n1. The summed E-state index contributed by atoms with van der Waals surface area (Å²) < 4.78 is 0. The molecule has 0 aliphatic carbocycles. The molecule has 0 fully saturated rings. The summed E-state index contributed by atoms with van der Waals surface area (Å²) in [6.45, 7) is 1.59. The second kappa shape index (κ2) is 8.70. The molecule has 140 valence electrons. The lowest BCUT2D eigenvalue weighted by molar-refractivity contribution is 0.425. The number of halogens is 1. The zero-order valence-electron chi connectivity index (χ0n) is 15.3. The second-order valence-electron chi connectivity index (χ2n) is 6.35. The Balaban J connectivity index is 1.91. The van der Waals surface area contributed by atoms with Gasteiger partial charge in [0.2, 0.25) is 5.95 Å². The third kappa shape index (κ3) is 5.32. The summed E-state index contributed by atoms with van der Waals surface area (Å²) in [6, 6.07) is 16.6. The average molecular weight is 384 g/mol. The molecule has 0 radical (unpaired) electrons. The summed E-state index contributed by atoms with van der Waals surface area (Å²) in [6.07, 6.45) is 0. The zero-order chi connectivity index (χ0) is 19.2. The molecule has 0 aliphatic rings. The molecule has 0 bridgehead atoms. The van der Waals surface area contributed by atoms with Crippen molar-refractivity contribution in [3.05, 3.63) is 59.6 Å². The van der Waals surface area contributed by atoms with Crippen molar-refractivity contribution in [2.24, 2.45) is 0 Å². The molecule has 0 atom stereocenters. The molecule has 2 aromatic carbocycles. The van der Waals surface area contributed by atoms with Crippen LogP contribution < -0.4 is 10.6 Å². The van der Waals surface area contributed by atoms with Gasteiger partial charge < -0.3 is 20.6 Å². The van der Waals surface area contributed by atoms with Gasteiger partial charge in [-0.2, -0.15) is 4.98 Å². The number of nitrogens with zero attached hydrogens (tertiary/aromatic N) is 3. The molecule has 3 N–H and O–H groups in total. The molecule has 1 aromatic heterocycles. The molecule has 0 saturated carbocycles. The lowest BCUT2D eigenvalue weighted by Crippen LogP contribution is -2.21. The van der Waals surface area contributed by atoms with Crippen molar-refractivity contribution in [3.63, 3.8) is 0 Å². The number of likely N-dealkylation sites (N-methyl/N-ethyl adjacent to an activating group) is 1. The summed E-state index contributed by atoms with van der Waals surface area (Å²) in [7, 11) is 4.03. The van der Waals surface area contributed by atoms with Gasteiger partial charge in [0.05, 0.1) is 16.4 Å². The largest absolute Gasteiger partial charge is 0.508 e. The molecule has 27 heavy (non-hydrogen) atoms. The molecule has 3 rings (SSSR count). The van der Waals surface area contributed by atoms with Crippen molar-refractivity contribution in [1.82, 2.24) is 14.9 Å². The van der Waals surface area contributed by atoms with Crippen LogP contribution in [0.4, 0.5) is 17.5 Å². The van der Waals surface area contributed by atoms with E-state index >= 15 is 0 Å². The minimum Gasteiger partial charge on any atom is -0.508 e. The van der Waals surface area contributed by atoms with Gasteiger partial charge in [-0.1, -0.05) is 41.9 Å². The molecular weight excluding hydrogens is 362 g/mol. The monoisotopic (exact) mass is 383 g/mol. The number of aromatic nitrogens is 2. The maximum absolute atomic E-state index is 9.53. The van der Waals surface area contributed by atoms with Crippen LogP contribution in [-0.4, -0.2) is 47.2 Å². The molecule has 7 heteroatoms. The molecule has 0 spiro atoms. The quantitative estimate of drug-likeness (QED) is 0.530. The standard InChI is InChI=1S/C20H22ClN5O/c1-26(2)11-10-22-20-24-18(14-6-4-3-5-7-14)13-19(25-20)23-17-9-8-15(27)12-16(17)21/h3-9,12-13,27H,10-11H2,1-2H3,(H2,22,23,24,25). The third-order valence-electron chi connectivity index (χ3n) is 3.85. The Morgan fingerprint density at radius 3 is 2.52 bits per heavy atom. The first-order valence-electron chi connectivity index (χ1n) is 8.60. The lowest BCUT2D eigenvalue weighted by Gasteiger charge is -2.14. The van der Waals surface area contributed by atoms with E-state index in [4.69, 9.17) is 11.6 Å². The summed E-state index contributed by atoms with van der Waals surface area (Å²) in [4.78, 5) is 11.3. The van der Waals surface area contributed by atoms with Crippen LogP contribution >= 0.6 is 11.6 Å². The van der Waals surface area contributed by atoms with E-state index in [0.29, 0.717) is 22.5 Å². The van der Waals surface area contributed by atoms with E-state index in [1.54, 1.807) is 12.1 Å². The highest BCUT2D eigenvalue weighted by Gasteiger charge is 2.09. The van der Waals surface area contributed by atoms with Gasteiger partial charge in [-0.3, -0.25) is 0 Å². The van der Waals surface area contributed by atoms with Gasteiger partial charge in [-0.15, -0.1) is 0 Å². The second-order valence-corrected chi connectivity index (χ2v) is 6.75. The molecule has 1 heterocycles. The maximum Gasteiger partial charge on any atom is 0.225 e. The van der Waals surface area contributed by atoms with Crippen LogP contribution in [0.5, 0.6) is 5.75 Å². The zero-order valence-corrected chi connectivity index (χ0v) is 16.0. The van der Waals surface area contributed by atoms with Crippen LogP contribution in [0, 0.1) is 0 Å². The van der Waals surface area contributed by atoms with Crippen LogP contribution in [0.15, 0.2) is 54.6 Å². The van der Waals surface area contributed by atoms with E-state index in [0.717, 1.165) is 24.3 Å². The number of anilines is 3. The smallest absolute Gasteiger partial charge is 0.225 e. The predicted molar refractivity (Wildman–Crippen MR) is 111 cm³/mol. The highest BCUT2D eigenvalue weighted by atomic mass is 35.5. The van der Waals surface area contributed by atoms with Crippen molar-refractivity contribution in [2.75, 3.05) is 37.8 Å². The molecule has 0 aliphatic heterocycles. The van der Waals surface area contributed by atoms with Crippen molar-refractivity contribution in [1.29, 1.82) is 0 Å². The fourth-order valence-electron chi connectivity index (χ4n) is 2.48. The summed E-state index contributed by atoms with van der Waals surface area (Å²) >= 11 is 6.21. The number of phenols is 1. The van der Waals surface area contributed by atoms with E-state index in [1.807, 2.05) is 50.5 Å². The minimum atomic E-state index is 0.115. The van der Waals surface area contributed by atoms with Crippen LogP contribution in [0.1, 0.15) is 0 Å². The lowest BCUT2D eigenvalue weighted by atomic mass is 10.1. The van der Waals surface area contributed by atoms with Crippen LogP contribution in [0.2, 0.25) is 5.02 Å². The normalized spacial score (nSPS) is 10.8. The fourth-order valence-corrected chi connectivity index (χ4v) is 2.70. The van der Waals surface area contributed by atoms with E-state index in [-0.39, 0.29) is 5.75 Å². The Kier molecular flexibility index (Phi) is 6.11. The number of phenolic OH excluding ortho intramolecular Hbond substituents is 1. The van der Waals surface area contributed by atoms with Crippen molar-refractivity contribution in [3.8, 4) is 17.0 Å². The van der Waals surface area contributed by atoms with Gasteiger partial charge in [0.25, 0.3) is 0 Å². The Labute approximate surface area is 163 Å². The number of hydrogen-bond donors (Lipinski definition) is 3. The van der Waals surface area contributed by atoms with Gasteiger partial charge in [0.15, 0.2) is 0 Å². The molecular formula is C20H22ClN5O. The maximum atomic E-state index is 9.53. The number of nitrogens with one attached hydrogen (secondary N) is 2. The topological polar surface area (TPSA) is 73.3 Å². The fraction of sp³-hybridized carbons (Fsp3) is 0.200. The highest BCUT2D eigenvalue weighted by Crippen LogP contribution is 2.29. The third-order valence-corrected chi connectivity index (χ3v) is 4.17. The van der Waals surface area contributed by atoms with Crippen molar-refractivity contribution >= 4 is 29.1 Å². The van der Waals surface area contributed by atoms with Gasteiger partial charge in [0.1, 0.15) is 11.6 Å². The van der Waals surface area contributed by atoms with Gasteiger partial charge in [-0.25, -0.2) is 4.98 Å². The first kappa shape index (κ1) is 18.9. The average Bonchev–Trinajstić information content (AvgIpc) is 2.64. The molecule has 0 saturated heterocycles. The molecule has 0 unspecified atom stereocenters. The van der Waals surface area contributed by atoms with E-state index in [2.05, 4.69) is 25.5 Å². The molecule has 6 nitrogen and oxygen atoms in total. The Bertz CT molecular complexity index is 902. The molecule has 3 aromatic rings. The van der Waals surface area contributed by atoms with Gasteiger partial charge in [-0.05, 0) is 26.2 Å². The van der Waals surface area contributed by atoms with Crippen LogP contribution in [0.25, 0.3) is 11.3 Å². The number of rotatable bonds is 7. The summed E-state index contributed by atoms with van der Waals surface area (Å²) in [5.41, 5.74) is 2.46. The van der Waals surface area contributed by atoms with Crippen molar-refractivity contribution in [2.45, 2.75) is 0 Å². The minimum absolute atomic E-state index is 0.115. The van der Waals surface area contributed by atoms with E-state index in [1.165, 1.54) is 6.07 Å². The van der Waals surface area contributed by atoms with Gasteiger partial charge >= 0.3 is 0 Å². The Morgan fingerprint density at radius 2 is 1.81 bits per heavy atom. The first-order chi connectivity index (χ1) is 13.0.